The fourth-order valence-electron chi connectivity index (χ4n) is 2.60. The standard InChI is InChI=1S/C17H15F2NO/c1-10-2-5-14(16(19)15(10)18)17(21)12-4-3-11-6-7-20-9-13(11)8-12/h2-5,8,20H,6-7,9H2,1H3. The van der Waals surface area contributed by atoms with Gasteiger partial charge in [0.2, 0.25) is 0 Å². The summed E-state index contributed by atoms with van der Waals surface area (Å²) < 4.78 is 27.5. The first-order valence-electron chi connectivity index (χ1n) is 6.90. The zero-order valence-electron chi connectivity index (χ0n) is 11.7. The van der Waals surface area contributed by atoms with Gasteiger partial charge in [0, 0.05) is 12.1 Å². The average molecular weight is 287 g/mol. The number of carbonyl (C=O) groups excluding carboxylic acids is 1. The third-order valence-electron chi connectivity index (χ3n) is 3.88. The quantitative estimate of drug-likeness (QED) is 0.860. The first-order valence-corrected chi connectivity index (χ1v) is 6.90. The predicted octanol–water partition coefficient (Wildman–Crippen LogP) is 3.15. The molecule has 1 aliphatic rings. The molecule has 0 aromatic heterocycles. The van der Waals surface area contributed by atoms with Crippen molar-refractivity contribution < 1.29 is 13.6 Å². The van der Waals surface area contributed by atoms with E-state index < -0.39 is 17.4 Å². The Kier molecular flexibility index (Phi) is 3.55. The molecular formula is C17H15F2NO. The second-order valence-corrected chi connectivity index (χ2v) is 5.30. The van der Waals surface area contributed by atoms with Crippen molar-refractivity contribution in [1.82, 2.24) is 5.32 Å². The van der Waals surface area contributed by atoms with Crippen molar-refractivity contribution in [1.29, 1.82) is 0 Å². The van der Waals surface area contributed by atoms with Crippen molar-refractivity contribution in [3.05, 3.63) is 69.8 Å². The average Bonchev–Trinajstić information content (AvgIpc) is 2.52. The van der Waals surface area contributed by atoms with E-state index in [1.165, 1.54) is 24.6 Å². The lowest BCUT2D eigenvalue weighted by Crippen LogP contribution is -2.24. The summed E-state index contributed by atoms with van der Waals surface area (Å²) in [4.78, 5) is 12.4. The molecule has 2 nitrogen and oxygen atoms in total. The Morgan fingerprint density at radius 3 is 2.71 bits per heavy atom. The van der Waals surface area contributed by atoms with E-state index >= 15 is 0 Å². The number of rotatable bonds is 2. The monoisotopic (exact) mass is 287 g/mol. The van der Waals surface area contributed by atoms with Crippen molar-refractivity contribution in [3.8, 4) is 0 Å². The number of fused-ring (bicyclic) bond motifs is 1. The lowest BCUT2D eigenvalue weighted by Gasteiger charge is -2.17. The molecule has 1 aliphatic heterocycles. The van der Waals surface area contributed by atoms with Crippen LogP contribution in [0.1, 0.15) is 32.6 Å². The van der Waals surface area contributed by atoms with E-state index in [-0.39, 0.29) is 11.1 Å². The first kappa shape index (κ1) is 13.9. The van der Waals surface area contributed by atoms with Crippen LogP contribution in [0.5, 0.6) is 0 Å². The Morgan fingerprint density at radius 1 is 1.10 bits per heavy atom. The number of hydrogen-bond donors (Lipinski definition) is 1. The van der Waals surface area contributed by atoms with E-state index in [0.717, 1.165) is 18.5 Å². The Labute approximate surface area is 121 Å². The molecule has 0 saturated heterocycles. The molecule has 108 valence electrons. The van der Waals surface area contributed by atoms with Gasteiger partial charge in [-0.25, -0.2) is 8.78 Å². The molecule has 0 bridgehead atoms. The third kappa shape index (κ3) is 2.47. The fourth-order valence-corrected chi connectivity index (χ4v) is 2.60. The second-order valence-electron chi connectivity index (χ2n) is 5.30. The minimum Gasteiger partial charge on any atom is -0.312 e. The van der Waals surface area contributed by atoms with Crippen molar-refractivity contribution in [3.63, 3.8) is 0 Å². The van der Waals surface area contributed by atoms with Gasteiger partial charge in [0.05, 0.1) is 5.56 Å². The summed E-state index contributed by atoms with van der Waals surface area (Å²) >= 11 is 0. The van der Waals surface area contributed by atoms with Crippen LogP contribution in [0.25, 0.3) is 0 Å². The van der Waals surface area contributed by atoms with Crippen LogP contribution in [-0.4, -0.2) is 12.3 Å². The maximum atomic E-state index is 13.9. The fraction of sp³-hybridized carbons (Fsp3) is 0.235. The van der Waals surface area contributed by atoms with Crippen LogP contribution in [-0.2, 0) is 13.0 Å². The molecule has 0 aliphatic carbocycles. The summed E-state index contributed by atoms with van der Waals surface area (Å²) in [5.41, 5.74) is 2.60. The normalized spacial score (nSPS) is 13.9. The van der Waals surface area contributed by atoms with Crippen molar-refractivity contribution in [2.45, 2.75) is 19.9 Å². The Morgan fingerprint density at radius 2 is 1.90 bits per heavy atom. The van der Waals surface area contributed by atoms with Crippen molar-refractivity contribution in [2.24, 2.45) is 0 Å². The van der Waals surface area contributed by atoms with E-state index in [0.29, 0.717) is 12.1 Å². The molecule has 3 rings (SSSR count). The molecule has 1 heterocycles. The van der Waals surface area contributed by atoms with Gasteiger partial charge in [-0.2, -0.15) is 0 Å². The molecule has 0 radical (unpaired) electrons. The lowest BCUT2D eigenvalue weighted by atomic mass is 9.94. The van der Waals surface area contributed by atoms with E-state index in [4.69, 9.17) is 0 Å². The van der Waals surface area contributed by atoms with Gasteiger partial charge >= 0.3 is 0 Å². The summed E-state index contributed by atoms with van der Waals surface area (Å²) in [6.07, 6.45) is 0.914. The van der Waals surface area contributed by atoms with Gasteiger partial charge in [-0.3, -0.25) is 4.79 Å². The van der Waals surface area contributed by atoms with Gasteiger partial charge in [-0.15, -0.1) is 0 Å². The number of ketones is 1. The molecule has 2 aromatic rings. The van der Waals surface area contributed by atoms with Gasteiger partial charge < -0.3 is 5.32 Å². The molecule has 1 N–H and O–H groups in total. The molecule has 0 amide bonds. The summed E-state index contributed by atoms with van der Waals surface area (Å²) in [6, 6.07) is 8.11. The molecule has 0 atom stereocenters. The van der Waals surface area contributed by atoms with E-state index in [9.17, 15) is 13.6 Å². The minimum absolute atomic E-state index is 0.193. The molecule has 0 saturated carbocycles. The van der Waals surface area contributed by atoms with Gasteiger partial charge in [0.25, 0.3) is 0 Å². The Balaban J connectivity index is 2.01. The summed E-state index contributed by atoms with van der Waals surface area (Å²) in [5.74, 6) is -2.52. The van der Waals surface area contributed by atoms with Gasteiger partial charge in [-0.1, -0.05) is 18.2 Å². The number of benzene rings is 2. The van der Waals surface area contributed by atoms with Crippen LogP contribution in [0.3, 0.4) is 0 Å². The number of carbonyl (C=O) groups is 1. The van der Waals surface area contributed by atoms with Gasteiger partial charge in [-0.05, 0) is 48.7 Å². The predicted molar refractivity (Wildman–Crippen MR) is 76.4 cm³/mol. The highest BCUT2D eigenvalue weighted by Crippen LogP contribution is 2.21. The molecule has 0 unspecified atom stereocenters. The molecule has 4 heteroatoms. The van der Waals surface area contributed by atoms with Crippen LogP contribution in [0.2, 0.25) is 0 Å². The van der Waals surface area contributed by atoms with Crippen LogP contribution < -0.4 is 5.32 Å². The lowest BCUT2D eigenvalue weighted by molar-refractivity contribution is 0.103. The summed E-state index contributed by atoms with van der Waals surface area (Å²) in [7, 11) is 0. The van der Waals surface area contributed by atoms with Crippen molar-refractivity contribution in [2.75, 3.05) is 6.54 Å². The zero-order chi connectivity index (χ0) is 15.0. The first-order chi connectivity index (χ1) is 10.1. The maximum absolute atomic E-state index is 13.9. The van der Waals surface area contributed by atoms with Crippen molar-refractivity contribution >= 4 is 5.78 Å². The second kappa shape index (κ2) is 5.37. The highest BCUT2D eigenvalue weighted by atomic mass is 19.2. The largest absolute Gasteiger partial charge is 0.312 e. The Bertz CT molecular complexity index is 725. The molecule has 21 heavy (non-hydrogen) atoms. The minimum atomic E-state index is -1.07. The van der Waals surface area contributed by atoms with E-state index in [2.05, 4.69) is 5.32 Å². The Hall–Kier alpha value is -2.07. The molecule has 0 fully saturated rings. The topological polar surface area (TPSA) is 29.1 Å². The van der Waals surface area contributed by atoms with Gasteiger partial charge in [0.15, 0.2) is 17.4 Å². The van der Waals surface area contributed by atoms with Crippen LogP contribution in [0.15, 0.2) is 30.3 Å². The highest BCUT2D eigenvalue weighted by molar-refractivity contribution is 6.09. The van der Waals surface area contributed by atoms with E-state index in [1.807, 2.05) is 6.07 Å². The number of halogens is 2. The number of hydrogen-bond acceptors (Lipinski definition) is 2. The molecule has 2 aromatic carbocycles. The SMILES string of the molecule is Cc1ccc(C(=O)c2ccc3c(c2)CNCC3)c(F)c1F. The van der Waals surface area contributed by atoms with Crippen LogP contribution >= 0.6 is 0 Å². The zero-order valence-corrected chi connectivity index (χ0v) is 11.7. The number of aryl methyl sites for hydroxylation is 1. The molecular weight excluding hydrogens is 272 g/mol. The molecule has 0 spiro atoms. The van der Waals surface area contributed by atoms with Crippen LogP contribution in [0.4, 0.5) is 8.78 Å². The van der Waals surface area contributed by atoms with E-state index in [1.54, 1.807) is 12.1 Å². The third-order valence-corrected chi connectivity index (χ3v) is 3.88. The maximum Gasteiger partial charge on any atom is 0.196 e. The van der Waals surface area contributed by atoms with Gasteiger partial charge in [0.1, 0.15) is 0 Å². The highest BCUT2D eigenvalue weighted by Gasteiger charge is 2.20. The van der Waals surface area contributed by atoms with Crippen LogP contribution in [0, 0.1) is 18.6 Å². The smallest absolute Gasteiger partial charge is 0.196 e. The summed E-state index contributed by atoms with van der Waals surface area (Å²) in [6.45, 7) is 3.08. The summed E-state index contributed by atoms with van der Waals surface area (Å²) in [5, 5.41) is 3.23. The number of nitrogens with one attached hydrogen (secondary N) is 1.